The lowest BCUT2D eigenvalue weighted by atomic mass is 10.0. The van der Waals surface area contributed by atoms with Gasteiger partial charge >= 0.3 is 0 Å². The summed E-state index contributed by atoms with van der Waals surface area (Å²) in [5.74, 6) is 1.93. The fourth-order valence-corrected chi connectivity index (χ4v) is 2.67. The molecule has 0 saturated heterocycles. The van der Waals surface area contributed by atoms with Crippen LogP contribution in [0.2, 0.25) is 0 Å². The molecule has 2 aromatic rings. The second-order valence-corrected chi connectivity index (χ2v) is 5.41. The predicted molar refractivity (Wildman–Crippen MR) is 90.2 cm³/mol. The number of carbonyl (C=O) groups is 1. The number of ketones is 1. The van der Waals surface area contributed by atoms with E-state index in [4.69, 9.17) is 18.9 Å². The summed E-state index contributed by atoms with van der Waals surface area (Å²) in [4.78, 5) is 12.9. The van der Waals surface area contributed by atoms with Crippen molar-refractivity contribution in [2.45, 2.75) is 0 Å². The van der Waals surface area contributed by atoms with Crippen LogP contribution in [0.3, 0.4) is 0 Å². The Balaban J connectivity index is 2.56. The Hall–Kier alpha value is -2.21. The number of ether oxygens (including phenoxy) is 4. The van der Waals surface area contributed by atoms with Crippen molar-refractivity contribution in [2.24, 2.45) is 0 Å². The van der Waals surface area contributed by atoms with Crippen molar-refractivity contribution >= 4 is 21.7 Å². The number of halogens is 1. The van der Waals surface area contributed by atoms with Gasteiger partial charge in [0.05, 0.1) is 32.9 Å². The summed E-state index contributed by atoms with van der Waals surface area (Å²) in [6.45, 7) is 0. The summed E-state index contributed by atoms with van der Waals surface area (Å²) in [6, 6.07) is 8.37. The normalized spacial score (nSPS) is 10.1. The molecule has 0 bridgehead atoms. The van der Waals surface area contributed by atoms with Crippen molar-refractivity contribution in [3.05, 3.63) is 45.9 Å². The summed E-state index contributed by atoms with van der Waals surface area (Å²) >= 11 is 3.41. The van der Waals surface area contributed by atoms with Gasteiger partial charge < -0.3 is 18.9 Å². The van der Waals surface area contributed by atoms with Crippen LogP contribution in [-0.2, 0) is 0 Å². The molecule has 5 nitrogen and oxygen atoms in total. The van der Waals surface area contributed by atoms with Crippen LogP contribution >= 0.6 is 15.9 Å². The number of hydrogen-bond acceptors (Lipinski definition) is 5. The molecule has 0 amide bonds. The van der Waals surface area contributed by atoms with E-state index in [2.05, 4.69) is 15.9 Å². The maximum absolute atomic E-state index is 12.9. The molecule has 0 aromatic heterocycles. The zero-order valence-corrected chi connectivity index (χ0v) is 14.9. The molecule has 6 heteroatoms. The lowest BCUT2D eigenvalue weighted by molar-refractivity contribution is 0.103. The third kappa shape index (κ3) is 3.59. The molecule has 0 aliphatic heterocycles. The van der Waals surface area contributed by atoms with Gasteiger partial charge in [-0.25, -0.2) is 0 Å². The molecule has 2 rings (SSSR count). The number of methoxy groups -OCH3 is 4. The van der Waals surface area contributed by atoms with Gasteiger partial charge in [-0.05, 0) is 34.1 Å². The van der Waals surface area contributed by atoms with E-state index in [1.807, 2.05) is 0 Å². The molecule has 0 saturated carbocycles. The summed E-state index contributed by atoms with van der Waals surface area (Å²) in [7, 11) is 6.13. The Kier molecular flexibility index (Phi) is 5.50. The van der Waals surface area contributed by atoms with E-state index in [9.17, 15) is 4.79 Å². The van der Waals surface area contributed by atoms with Crippen LogP contribution in [0.15, 0.2) is 34.8 Å². The van der Waals surface area contributed by atoms with Crippen LogP contribution in [0.5, 0.6) is 23.0 Å². The number of rotatable bonds is 6. The highest BCUT2D eigenvalue weighted by molar-refractivity contribution is 9.10. The molecule has 0 spiro atoms. The highest BCUT2D eigenvalue weighted by atomic mass is 79.9. The second kappa shape index (κ2) is 7.37. The van der Waals surface area contributed by atoms with Crippen LogP contribution in [0.4, 0.5) is 0 Å². The van der Waals surface area contributed by atoms with Crippen molar-refractivity contribution in [1.82, 2.24) is 0 Å². The molecule has 0 heterocycles. The molecular weight excluding hydrogens is 364 g/mol. The molecule has 0 atom stereocenters. The van der Waals surface area contributed by atoms with Gasteiger partial charge in [-0.2, -0.15) is 0 Å². The molecule has 0 unspecified atom stereocenters. The molecule has 23 heavy (non-hydrogen) atoms. The van der Waals surface area contributed by atoms with Crippen molar-refractivity contribution in [3.63, 3.8) is 0 Å². The van der Waals surface area contributed by atoms with Gasteiger partial charge in [0.1, 0.15) is 23.0 Å². The summed E-state index contributed by atoms with van der Waals surface area (Å²) < 4.78 is 21.5. The quantitative estimate of drug-likeness (QED) is 0.714. The van der Waals surface area contributed by atoms with Crippen molar-refractivity contribution in [2.75, 3.05) is 28.4 Å². The maximum atomic E-state index is 12.9. The first-order valence-corrected chi connectivity index (χ1v) is 7.52. The minimum Gasteiger partial charge on any atom is -0.497 e. The molecule has 122 valence electrons. The predicted octanol–water partition coefficient (Wildman–Crippen LogP) is 3.71. The van der Waals surface area contributed by atoms with E-state index in [-0.39, 0.29) is 5.78 Å². The van der Waals surface area contributed by atoms with Crippen molar-refractivity contribution in [3.8, 4) is 23.0 Å². The Morgan fingerprint density at radius 3 is 1.78 bits per heavy atom. The molecule has 0 aliphatic rings. The van der Waals surface area contributed by atoms with Gasteiger partial charge in [0.2, 0.25) is 0 Å². The number of carbonyl (C=O) groups excluding carboxylic acids is 1. The highest BCUT2D eigenvalue weighted by Crippen LogP contribution is 2.35. The first-order valence-electron chi connectivity index (χ1n) is 6.73. The molecule has 0 fully saturated rings. The van der Waals surface area contributed by atoms with Crippen molar-refractivity contribution in [1.29, 1.82) is 0 Å². The average Bonchev–Trinajstić information content (AvgIpc) is 2.60. The zero-order chi connectivity index (χ0) is 17.0. The number of hydrogen-bond donors (Lipinski definition) is 0. The lowest BCUT2D eigenvalue weighted by Gasteiger charge is -2.12. The topological polar surface area (TPSA) is 54.0 Å². The minimum atomic E-state index is -0.203. The SMILES string of the molecule is COc1cc(OC)cc(C(=O)c2cc(OC)cc(OC)c2Br)c1. The lowest BCUT2D eigenvalue weighted by Crippen LogP contribution is -2.05. The van der Waals surface area contributed by atoms with Gasteiger partial charge in [-0.15, -0.1) is 0 Å². The highest BCUT2D eigenvalue weighted by Gasteiger charge is 2.19. The van der Waals surface area contributed by atoms with E-state index in [0.29, 0.717) is 38.6 Å². The van der Waals surface area contributed by atoms with E-state index >= 15 is 0 Å². The Morgan fingerprint density at radius 1 is 0.783 bits per heavy atom. The fourth-order valence-electron chi connectivity index (χ4n) is 2.10. The minimum absolute atomic E-state index is 0.203. The van der Waals surface area contributed by atoms with E-state index in [1.54, 1.807) is 30.3 Å². The zero-order valence-electron chi connectivity index (χ0n) is 13.3. The van der Waals surface area contributed by atoms with Crippen LogP contribution in [0.1, 0.15) is 15.9 Å². The van der Waals surface area contributed by atoms with E-state index < -0.39 is 0 Å². The Bertz CT molecular complexity index is 705. The first-order chi connectivity index (χ1) is 11.0. The van der Waals surface area contributed by atoms with Crippen LogP contribution in [0.25, 0.3) is 0 Å². The Labute approximate surface area is 143 Å². The number of benzene rings is 2. The van der Waals surface area contributed by atoms with E-state index in [0.717, 1.165) is 0 Å². The van der Waals surface area contributed by atoms with Gasteiger partial charge in [-0.1, -0.05) is 0 Å². The molecule has 2 aromatic carbocycles. The summed E-state index contributed by atoms with van der Waals surface area (Å²) in [6.07, 6.45) is 0. The molecule has 0 radical (unpaired) electrons. The average molecular weight is 381 g/mol. The molecule has 0 aliphatic carbocycles. The monoisotopic (exact) mass is 380 g/mol. The van der Waals surface area contributed by atoms with Gasteiger partial charge in [0.15, 0.2) is 5.78 Å². The Morgan fingerprint density at radius 2 is 1.30 bits per heavy atom. The van der Waals surface area contributed by atoms with Crippen molar-refractivity contribution < 1.29 is 23.7 Å². The molecule has 0 N–H and O–H groups in total. The van der Waals surface area contributed by atoms with Crippen LogP contribution < -0.4 is 18.9 Å². The fraction of sp³-hybridized carbons (Fsp3) is 0.235. The third-order valence-electron chi connectivity index (χ3n) is 3.33. The first kappa shape index (κ1) is 17.1. The smallest absolute Gasteiger partial charge is 0.194 e. The second-order valence-electron chi connectivity index (χ2n) is 4.62. The van der Waals surface area contributed by atoms with Gasteiger partial charge in [0, 0.05) is 23.3 Å². The largest absolute Gasteiger partial charge is 0.497 e. The van der Waals surface area contributed by atoms with Crippen LogP contribution in [0, 0.1) is 0 Å². The van der Waals surface area contributed by atoms with E-state index in [1.165, 1.54) is 28.4 Å². The standard InChI is InChI=1S/C17H17BrO5/c1-20-11-5-10(6-12(7-11)21-2)17(19)14-8-13(22-3)9-15(23-4)16(14)18/h5-9H,1-4H3. The summed E-state index contributed by atoms with van der Waals surface area (Å²) in [5.41, 5.74) is 0.869. The van der Waals surface area contributed by atoms with Gasteiger partial charge in [-0.3, -0.25) is 4.79 Å². The van der Waals surface area contributed by atoms with Crippen LogP contribution in [-0.4, -0.2) is 34.2 Å². The maximum Gasteiger partial charge on any atom is 0.194 e. The third-order valence-corrected chi connectivity index (χ3v) is 4.14. The summed E-state index contributed by atoms with van der Waals surface area (Å²) in [5, 5.41) is 0. The molecular formula is C17H17BrO5. The van der Waals surface area contributed by atoms with Gasteiger partial charge in [0.25, 0.3) is 0 Å².